The highest BCUT2D eigenvalue weighted by Gasteiger charge is 2.13. The number of likely N-dealkylation sites (N-methyl/N-ethyl adjacent to an activating group) is 1. The summed E-state index contributed by atoms with van der Waals surface area (Å²) in [6, 6.07) is 24.0. The molecule has 2 heterocycles. The van der Waals surface area contributed by atoms with Gasteiger partial charge in [0.2, 0.25) is 5.95 Å². The maximum absolute atomic E-state index is 4.92. The molecule has 33 heavy (non-hydrogen) atoms. The smallest absolute Gasteiger partial charge is 0.204 e. The zero-order valence-corrected chi connectivity index (χ0v) is 19.9. The van der Waals surface area contributed by atoms with E-state index in [1.807, 2.05) is 0 Å². The Bertz CT molecular complexity index is 1390. The fourth-order valence-corrected chi connectivity index (χ4v) is 4.95. The van der Waals surface area contributed by atoms with Gasteiger partial charge < -0.3 is 19.4 Å². The van der Waals surface area contributed by atoms with Crippen LogP contribution in [-0.4, -0.2) is 38.7 Å². The summed E-state index contributed by atoms with van der Waals surface area (Å²) >= 11 is 0. The number of nitrogens with one attached hydrogen (secondary N) is 1. The molecule has 0 saturated carbocycles. The van der Waals surface area contributed by atoms with Crippen molar-refractivity contribution < 1.29 is 0 Å². The second-order valence-electron chi connectivity index (χ2n) is 8.57. The lowest BCUT2D eigenvalue weighted by atomic mass is 10.1. The van der Waals surface area contributed by atoms with Gasteiger partial charge >= 0.3 is 0 Å². The lowest BCUT2D eigenvalue weighted by Gasteiger charge is -2.19. The van der Waals surface area contributed by atoms with Crippen LogP contribution in [0.2, 0.25) is 0 Å². The van der Waals surface area contributed by atoms with Crippen LogP contribution in [0.25, 0.3) is 32.8 Å². The van der Waals surface area contributed by atoms with Gasteiger partial charge in [-0.3, -0.25) is 0 Å². The number of aryl methyl sites for hydroxylation is 1. The van der Waals surface area contributed by atoms with E-state index in [4.69, 9.17) is 4.98 Å². The topological polar surface area (TPSA) is 38.0 Å². The molecular formula is C28H33N5. The minimum atomic E-state index is 0.746. The molecule has 5 heteroatoms. The van der Waals surface area contributed by atoms with Crippen molar-refractivity contribution >= 4 is 38.8 Å². The highest BCUT2D eigenvalue weighted by Crippen LogP contribution is 2.30. The van der Waals surface area contributed by atoms with Crippen LogP contribution in [0.1, 0.15) is 26.3 Å². The summed E-state index contributed by atoms with van der Waals surface area (Å²) in [6.45, 7) is 12.5. The van der Waals surface area contributed by atoms with E-state index in [-0.39, 0.29) is 0 Å². The third kappa shape index (κ3) is 3.98. The molecule has 5 rings (SSSR count). The van der Waals surface area contributed by atoms with Gasteiger partial charge in [-0.15, -0.1) is 0 Å². The fourth-order valence-electron chi connectivity index (χ4n) is 4.95. The van der Waals surface area contributed by atoms with E-state index in [0.29, 0.717) is 0 Å². The number of imidazole rings is 1. The Balaban J connectivity index is 1.45. The van der Waals surface area contributed by atoms with Crippen LogP contribution in [0, 0.1) is 0 Å². The Morgan fingerprint density at radius 3 is 2.30 bits per heavy atom. The van der Waals surface area contributed by atoms with E-state index in [9.17, 15) is 0 Å². The van der Waals surface area contributed by atoms with Crippen molar-refractivity contribution in [3.05, 3.63) is 72.3 Å². The van der Waals surface area contributed by atoms with Gasteiger partial charge in [0.25, 0.3) is 0 Å². The third-order valence-electron chi connectivity index (χ3n) is 6.79. The lowest BCUT2D eigenvalue weighted by Crippen LogP contribution is -2.27. The number of rotatable bonds is 9. The zero-order chi connectivity index (χ0) is 22.8. The predicted molar refractivity (Wildman–Crippen MR) is 140 cm³/mol. The summed E-state index contributed by atoms with van der Waals surface area (Å²) in [7, 11) is 0. The quantitative estimate of drug-likeness (QED) is 0.301. The van der Waals surface area contributed by atoms with Gasteiger partial charge in [-0.2, -0.15) is 0 Å². The first-order valence-corrected chi connectivity index (χ1v) is 12.1. The molecular weight excluding hydrogens is 406 g/mol. The van der Waals surface area contributed by atoms with Crippen molar-refractivity contribution in [1.29, 1.82) is 0 Å². The van der Waals surface area contributed by atoms with E-state index in [1.54, 1.807) is 0 Å². The van der Waals surface area contributed by atoms with Gasteiger partial charge in [0, 0.05) is 48.0 Å². The number of aromatic nitrogens is 3. The largest absolute Gasteiger partial charge is 0.352 e. The van der Waals surface area contributed by atoms with Crippen molar-refractivity contribution in [2.45, 2.75) is 40.4 Å². The molecule has 5 nitrogen and oxygen atoms in total. The molecule has 0 radical (unpaired) electrons. The molecule has 0 saturated heterocycles. The molecule has 3 aromatic carbocycles. The molecule has 0 bridgehead atoms. The SMILES string of the molecule is CCN(CC)CCn1c(NCc2ccc3c(c2)c2ccccc2n3CC)nc2ccccc21. The molecule has 0 aliphatic rings. The van der Waals surface area contributed by atoms with Crippen LogP contribution in [0.15, 0.2) is 66.7 Å². The van der Waals surface area contributed by atoms with Crippen molar-refractivity contribution in [2.75, 3.05) is 25.0 Å². The van der Waals surface area contributed by atoms with Gasteiger partial charge in [0.15, 0.2) is 0 Å². The molecule has 0 spiro atoms. The highest BCUT2D eigenvalue weighted by molar-refractivity contribution is 6.08. The first-order valence-electron chi connectivity index (χ1n) is 12.1. The van der Waals surface area contributed by atoms with Gasteiger partial charge in [-0.1, -0.05) is 50.2 Å². The Kier molecular flexibility index (Phi) is 6.05. The van der Waals surface area contributed by atoms with E-state index >= 15 is 0 Å². The minimum Gasteiger partial charge on any atom is -0.352 e. The molecule has 1 N–H and O–H groups in total. The number of hydrogen-bond acceptors (Lipinski definition) is 3. The molecule has 0 atom stereocenters. The summed E-state index contributed by atoms with van der Waals surface area (Å²) in [5.74, 6) is 0.944. The van der Waals surface area contributed by atoms with E-state index in [0.717, 1.165) is 50.7 Å². The van der Waals surface area contributed by atoms with E-state index in [1.165, 1.54) is 32.9 Å². The summed E-state index contributed by atoms with van der Waals surface area (Å²) in [5.41, 5.74) is 6.10. The molecule has 0 fully saturated rings. The maximum atomic E-state index is 4.92. The Labute approximate surface area is 195 Å². The van der Waals surface area contributed by atoms with Crippen LogP contribution in [0.3, 0.4) is 0 Å². The monoisotopic (exact) mass is 439 g/mol. The number of para-hydroxylation sites is 3. The molecule has 0 unspecified atom stereocenters. The van der Waals surface area contributed by atoms with Crippen molar-refractivity contribution in [1.82, 2.24) is 19.0 Å². The van der Waals surface area contributed by atoms with Crippen LogP contribution < -0.4 is 5.32 Å². The lowest BCUT2D eigenvalue weighted by molar-refractivity contribution is 0.292. The predicted octanol–water partition coefficient (Wildman–Crippen LogP) is 6.12. The molecule has 2 aromatic heterocycles. The summed E-state index contributed by atoms with van der Waals surface area (Å²) < 4.78 is 4.73. The number of benzene rings is 3. The average molecular weight is 440 g/mol. The summed E-state index contributed by atoms with van der Waals surface area (Å²) in [5, 5.41) is 6.28. The fraction of sp³-hybridized carbons (Fsp3) is 0.321. The molecule has 0 amide bonds. The van der Waals surface area contributed by atoms with Crippen LogP contribution in [0.5, 0.6) is 0 Å². The Morgan fingerprint density at radius 1 is 0.788 bits per heavy atom. The molecule has 0 aliphatic heterocycles. The molecule has 5 aromatic rings. The average Bonchev–Trinajstić information content (AvgIpc) is 3.38. The molecule has 0 aliphatic carbocycles. The van der Waals surface area contributed by atoms with Crippen LogP contribution >= 0.6 is 0 Å². The third-order valence-corrected chi connectivity index (χ3v) is 6.79. The number of nitrogens with zero attached hydrogens (tertiary/aromatic N) is 4. The normalized spacial score (nSPS) is 11.9. The van der Waals surface area contributed by atoms with Gasteiger partial charge in [0.05, 0.1) is 11.0 Å². The second kappa shape index (κ2) is 9.28. The van der Waals surface area contributed by atoms with E-state index in [2.05, 4.69) is 107 Å². The highest BCUT2D eigenvalue weighted by atomic mass is 15.2. The van der Waals surface area contributed by atoms with Crippen molar-refractivity contribution in [2.24, 2.45) is 0 Å². The first-order chi connectivity index (χ1) is 16.2. The number of hydrogen-bond donors (Lipinski definition) is 1. The summed E-state index contributed by atoms with van der Waals surface area (Å²) in [4.78, 5) is 7.37. The van der Waals surface area contributed by atoms with Gasteiger partial charge in [-0.25, -0.2) is 4.98 Å². The first kappa shape index (κ1) is 21.5. The number of anilines is 1. The van der Waals surface area contributed by atoms with Crippen molar-refractivity contribution in [3.8, 4) is 0 Å². The maximum Gasteiger partial charge on any atom is 0.204 e. The van der Waals surface area contributed by atoms with Gasteiger partial charge in [0.1, 0.15) is 0 Å². The zero-order valence-electron chi connectivity index (χ0n) is 19.9. The van der Waals surface area contributed by atoms with Crippen LogP contribution in [0.4, 0.5) is 5.95 Å². The minimum absolute atomic E-state index is 0.746. The standard InChI is InChI=1S/C28H33N5/c1-4-31(5-2)17-18-33-27-14-10-8-12-24(27)30-28(33)29-20-21-15-16-26-23(19-21)22-11-7-9-13-25(22)32(26)6-3/h7-16,19H,4-6,17-18,20H2,1-3H3,(H,29,30). The second-order valence-corrected chi connectivity index (χ2v) is 8.57. The Hall–Kier alpha value is -3.31. The van der Waals surface area contributed by atoms with Crippen molar-refractivity contribution in [3.63, 3.8) is 0 Å². The van der Waals surface area contributed by atoms with Crippen LogP contribution in [-0.2, 0) is 19.6 Å². The van der Waals surface area contributed by atoms with Gasteiger partial charge in [-0.05, 0) is 55.9 Å². The number of fused-ring (bicyclic) bond motifs is 4. The Morgan fingerprint density at radius 2 is 1.52 bits per heavy atom. The molecule has 170 valence electrons. The van der Waals surface area contributed by atoms with E-state index < -0.39 is 0 Å². The summed E-state index contributed by atoms with van der Waals surface area (Å²) in [6.07, 6.45) is 0.